The molecule has 0 bridgehead atoms. The van der Waals surface area contributed by atoms with Gasteiger partial charge in [-0.25, -0.2) is 9.67 Å². The first-order chi connectivity index (χ1) is 21.1. The van der Waals surface area contributed by atoms with Crippen molar-refractivity contribution in [3.63, 3.8) is 0 Å². The number of benzene rings is 4. The number of ether oxygens (including phenoxy) is 1. The molecule has 0 radical (unpaired) electrons. The maximum Gasteiger partial charge on any atom is 0.246 e. The molecule has 0 aliphatic heterocycles. The third kappa shape index (κ3) is 6.50. The second kappa shape index (κ2) is 12.8. The summed E-state index contributed by atoms with van der Waals surface area (Å²) in [5.41, 5.74) is 6.07. The normalized spacial score (nSPS) is 10.9. The van der Waals surface area contributed by atoms with E-state index in [9.17, 15) is 4.79 Å². The van der Waals surface area contributed by atoms with E-state index in [1.54, 1.807) is 6.20 Å². The van der Waals surface area contributed by atoms with Gasteiger partial charge in [0.2, 0.25) is 5.91 Å². The van der Waals surface area contributed by atoms with Crippen molar-refractivity contribution in [3.8, 4) is 39.7 Å². The van der Waals surface area contributed by atoms with E-state index in [4.69, 9.17) is 21.3 Å². The van der Waals surface area contributed by atoms with Crippen molar-refractivity contribution in [1.29, 1.82) is 0 Å². The summed E-state index contributed by atoms with van der Waals surface area (Å²) in [6, 6.07) is 35.2. The molecule has 8 nitrogen and oxygen atoms in total. The summed E-state index contributed by atoms with van der Waals surface area (Å²) in [4.78, 5) is 17.9. The van der Waals surface area contributed by atoms with Gasteiger partial charge in [0.05, 0.1) is 30.7 Å². The number of aromatic nitrogens is 5. The predicted molar refractivity (Wildman–Crippen MR) is 169 cm³/mol. The number of nitrogens with one attached hydrogen (secondary N) is 1. The molecule has 9 heteroatoms. The number of halogens is 1. The van der Waals surface area contributed by atoms with Crippen molar-refractivity contribution >= 4 is 23.2 Å². The molecule has 0 saturated heterocycles. The highest BCUT2D eigenvalue weighted by atomic mass is 35.5. The standard InChI is InChI=1S/C34H29ClN6O2/c1-2-43-30-18-16-28(17-19-30)36-31(42)23-40-21-29(38-39-40)22-41-33(25-12-7-4-8-13-25)32(24-10-5-3-6-11-24)37-34(41)26-14-9-15-27(35)20-26/h3-21H,2,22-23H2,1H3,(H,36,42). The molecule has 0 saturated carbocycles. The van der Waals surface area contributed by atoms with Crippen LogP contribution in [-0.4, -0.2) is 37.1 Å². The summed E-state index contributed by atoms with van der Waals surface area (Å²) in [7, 11) is 0. The maximum atomic E-state index is 12.8. The molecular weight excluding hydrogens is 560 g/mol. The largest absolute Gasteiger partial charge is 0.494 e. The van der Waals surface area contributed by atoms with Crippen LogP contribution in [0, 0.1) is 0 Å². The fourth-order valence-corrected chi connectivity index (χ4v) is 5.13. The maximum absolute atomic E-state index is 12.8. The molecule has 0 unspecified atom stereocenters. The topological polar surface area (TPSA) is 86.9 Å². The molecule has 1 amide bonds. The van der Waals surface area contributed by atoms with Gasteiger partial charge in [-0.1, -0.05) is 89.6 Å². The van der Waals surface area contributed by atoms with Crippen molar-refractivity contribution in [3.05, 3.63) is 126 Å². The van der Waals surface area contributed by atoms with Crippen LogP contribution >= 0.6 is 11.6 Å². The first-order valence-electron chi connectivity index (χ1n) is 14.0. The number of anilines is 1. The zero-order valence-electron chi connectivity index (χ0n) is 23.5. The number of amides is 1. The fraction of sp³-hybridized carbons (Fsp3) is 0.118. The van der Waals surface area contributed by atoms with Gasteiger partial charge in [-0.3, -0.25) is 4.79 Å². The highest BCUT2D eigenvalue weighted by Crippen LogP contribution is 2.37. The summed E-state index contributed by atoms with van der Waals surface area (Å²) in [6.07, 6.45) is 1.79. The van der Waals surface area contributed by atoms with Crippen molar-refractivity contribution in [1.82, 2.24) is 24.5 Å². The molecule has 43 heavy (non-hydrogen) atoms. The second-order valence-corrected chi connectivity index (χ2v) is 10.3. The molecule has 4 aromatic carbocycles. The minimum atomic E-state index is -0.209. The second-order valence-electron chi connectivity index (χ2n) is 9.87. The lowest BCUT2D eigenvalue weighted by Gasteiger charge is -2.12. The number of hydrogen-bond acceptors (Lipinski definition) is 5. The molecule has 0 aliphatic carbocycles. The first-order valence-corrected chi connectivity index (χ1v) is 14.3. The van der Waals surface area contributed by atoms with E-state index in [-0.39, 0.29) is 12.5 Å². The number of hydrogen-bond donors (Lipinski definition) is 1. The molecule has 6 rings (SSSR count). The molecule has 214 valence electrons. The van der Waals surface area contributed by atoms with Gasteiger partial charge in [0.1, 0.15) is 23.8 Å². The molecule has 0 spiro atoms. The van der Waals surface area contributed by atoms with Crippen LogP contribution in [-0.2, 0) is 17.9 Å². The minimum Gasteiger partial charge on any atom is -0.494 e. The monoisotopic (exact) mass is 588 g/mol. The summed E-state index contributed by atoms with van der Waals surface area (Å²) in [6.45, 7) is 2.91. The van der Waals surface area contributed by atoms with E-state index < -0.39 is 0 Å². The predicted octanol–water partition coefficient (Wildman–Crippen LogP) is 7.21. The summed E-state index contributed by atoms with van der Waals surface area (Å²) in [5.74, 6) is 1.30. The van der Waals surface area contributed by atoms with E-state index in [0.29, 0.717) is 29.6 Å². The molecular formula is C34H29ClN6O2. The Labute approximate surface area is 254 Å². The van der Waals surface area contributed by atoms with Gasteiger partial charge in [-0.15, -0.1) is 5.10 Å². The summed E-state index contributed by atoms with van der Waals surface area (Å²) < 4.78 is 9.14. The lowest BCUT2D eigenvalue weighted by Crippen LogP contribution is -2.19. The highest BCUT2D eigenvalue weighted by Gasteiger charge is 2.22. The Morgan fingerprint density at radius 1 is 0.860 bits per heavy atom. The minimum absolute atomic E-state index is 0.0199. The number of nitrogens with zero attached hydrogens (tertiary/aromatic N) is 5. The zero-order chi connectivity index (χ0) is 29.6. The van der Waals surface area contributed by atoms with E-state index >= 15 is 0 Å². The van der Waals surface area contributed by atoms with Crippen molar-refractivity contribution in [2.45, 2.75) is 20.0 Å². The average molecular weight is 589 g/mol. The lowest BCUT2D eigenvalue weighted by molar-refractivity contribution is -0.116. The van der Waals surface area contributed by atoms with Crippen LogP contribution < -0.4 is 10.1 Å². The Balaban J connectivity index is 1.33. The molecule has 0 aliphatic rings. The third-order valence-electron chi connectivity index (χ3n) is 6.81. The fourth-order valence-electron chi connectivity index (χ4n) is 4.94. The molecule has 6 aromatic rings. The molecule has 0 atom stereocenters. The van der Waals surface area contributed by atoms with Crippen LogP contribution in [0.15, 0.2) is 115 Å². The van der Waals surface area contributed by atoms with E-state index in [2.05, 4.69) is 44.5 Å². The van der Waals surface area contributed by atoms with Crippen molar-refractivity contribution in [2.24, 2.45) is 0 Å². The van der Waals surface area contributed by atoms with Gasteiger partial charge in [-0.2, -0.15) is 0 Å². The number of rotatable bonds is 10. The number of imidazole rings is 1. The van der Waals surface area contributed by atoms with Crippen LogP contribution in [0.5, 0.6) is 5.75 Å². The third-order valence-corrected chi connectivity index (χ3v) is 7.04. The van der Waals surface area contributed by atoms with Gasteiger partial charge >= 0.3 is 0 Å². The van der Waals surface area contributed by atoms with Gasteiger partial charge in [0.15, 0.2) is 0 Å². The molecule has 1 N–H and O–H groups in total. The Bertz CT molecular complexity index is 1830. The van der Waals surface area contributed by atoms with Gasteiger partial charge < -0.3 is 14.6 Å². The lowest BCUT2D eigenvalue weighted by atomic mass is 10.0. The van der Waals surface area contributed by atoms with Crippen LogP contribution in [0.2, 0.25) is 5.02 Å². The van der Waals surface area contributed by atoms with Crippen LogP contribution in [0.25, 0.3) is 33.9 Å². The number of carbonyl (C=O) groups excluding carboxylic acids is 1. The molecule has 2 aromatic heterocycles. The molecule has 2 heterocycles. The summed E-state index contributed by atoms with van der Waals surface area (Å²) >= 11 is 6.41. The SMILES string of the molecule is CCOc1ccc(NC(=O)Cn2cc(Cn3c(-c4cccc(Cl)c4)nc(-c4ccccc4)c3-c3ccccc3)nn2)cc1. The Morgan fingerprint density at radius 3 is 2.26 bits per heavy atom. The summed E-state index contributed by atoms with van der Waals surface area (Å²) in [5, 5.41) is 12.2. The Kier molecular flexibility index (Phi) is 8.28. The first kappa shape index (κ1) is 27.9. The van der Waals surface area contributed by atoms with Crippen molar-refractivity contribution < 1.29 is 9.53 Å². The molecule has 0 fully saturated rings. The van der Waals surface area contributed by atoms with Crippen LogP contribution in [0.3, 0.4) is 0 Å². The van der Waals surface area contributed by atoms with Crippen LogP contribution in [0.4, 0.5) is 5.69 Å². The van der Waals surface area contributed by atoms with Crippen molar-refractivity contribution in [2.75, 3.05) is 11.9 Å². The van der Waals surface area contributed by atoms with Crippen LogP contribution in [0.1, 0.15) is 12.6 Å². The van der Waals surface area contributed by atoms with Gasteiger partial charge in [0, 0.05) is 27.4 Å². The Morgan fingerprint density at radius 2 is 1.56 bits per heavy atom. The quantitative estimate of drug-likeness (QED) is 0.183. The average Bonchev–Trinajstić information content (AvgIpc) is 3.63. The highest BCUT2D eigenvalue weighted by molar-refractivity contribution is 6.30. The Hall–Kier alpha value is -5.21. The van der Waals surface area contributed by atoms with E-state index in [1.807, 2.05) is 91.9 Å². The van der Waals surface area contributed by atoms with Gasteiger partial charge in [0.25, 0.3) is 0 Å². The van der Waals surface area contributed by atoms with E-state index in [1.165, 1.54) is 4.68 Å². The van der Waals surface area contributed by atoms with Gasteiger partial charge in [-0.05, 0) is 43.3 Å². The number of carbonyl (C=O) groups is 1. The smallest absolute Gasteiger partial charge is 0.246 e. The zero-order valence-corrected chi connectivity index (χ0v) is 24.3. The van der Waals surface area contributed by atoms with E-state index in [0.717, 1.165) is 39.7 Å².